The minimum atomic E-state index is -3.03. The Hall–Kier alpha value is -2.67. The van der Waals surface area contributed by atoms with Crippen molar-refractivity contribution in [3.05, 3.63) is 11.6 Å². The molecule has 1 aromatic heterocycles. The molecule has 1 aliphatic heterocycles. The van der Waals surface area contributed by atoms with Gasteiger partial charge in [-0.15, -0.1) is 0 Å². The molecule has 10 nitrogen and oxygen atoms in total. The van der Waals surface area contributed by atoms with Crippen LogP contribution >= 0.6 is 0 Å². The first-order valence-corrected chi connectivity index (χ1v) is 11.0. The van der Waals surface area contributed by atoms with E-state index in [1.54, 1.807) is 4.90 Å². The standard InChI is InChI=1S/C20H30F3N7O3/c1-28-6-8-29(9-7-28)19-15(21)17(24-18(25-19)16(22)23)26-27-20(32)14(11-30(33)12-31)10-13-4-2-3-5-13/h12-14,16,33H,2-11H2,1H3,(H,27,32)(H,24,25,26)/t14-/m0/s1. The molecule has 2 heterocycles. The van der Waals surface area contributed by atoms with Crippen LogP contribution in [0.4, 0.5) is 24.8 Å². The third-order valence-electron chi connectivity index (χ3n) is 6.15. The van der Waals surface area contributed by atoms with Crippen molar-refractivity contribution >= 4 is 24.0 Å². The number of nitrogens with zero attached hydrogens (tertiary/aromatic N) is 5. The van der Waals surface area contributed by atoms with Crippen molar-refractivity contribution in [1.82, 2.24) is 25.4 Å². The van der Waals surface area contributed by atoms with Crippen molar-refractivity contribution in [3.8, 4) is 0 Å². The summed E-state index contributed by atoms with van der Waals surface area (Å²) in [5.41, 5.74) is 4.61. The highest BCUT2D eigenvalue weighted by Crippen LogP contribution is 2.31. The van der Waals surface area contributed by atoms with Crippen molar-refractivity contribution in [2.75, 3.05) is 50.1 Å². The third-order valence-corrected chi connectivity index (χ3v) is 6.15. The smallest absolute Gasteiger partial charge is 0.297 e. The zero-order chi connectivity index (χ0) is 24.0. The summed E-state index contributed by atoms with van der Waals surface area (Å²) in [5.74, 6) is -3.74. The molecule has 1 aliphatic carbocycles. The molecule has 13 heteroatoms. The number of hydrogen-bond donors (Lipinski definition) is 3. The summed E-state index contributed by atoms with van der Waals surface area (Å²) in [6, 6.07) is 0. The predicted molar refractivity (Wildman–Crippen MR) is 113 cm³/mol. The monoisotopic (exact) mass is 473 g/mol. The molecule has 1 aromatic rings. The van der Waals surface area contributed by atoms with Crippen molar-refractivity contribution < 1.29 is 28.0 Å². The van der Waals surface area contributed by atoms with E-state index in [2.05, 4.69) is 20.8 Å². The number of halogens is 3. The summed E-state index contributed by atoms with van der Waals surface area (Å²) >= 11 is 0. The molecular weight excluding hydrogens is 443 g/mol. The van der Waals surface area contributed by atoms with E-state index in [1.807, 2.05) is 11.9 Å². The number of likely N-dealkylation sites (N-methyl/N-ethyl adjacent to an activating group) is 1. The highest BCUT2D eigenvalue weighted by atomic mass is 19.3. The predicted octanol–water partition coefficient (Wildman–Crippen LogP) is 1.79. The molecule has 3 N–H and O–H groups in total. The Morgan fingerprint density at radius 3 is 2.52 bits per heavy atom. The zero-order valence-corrected chi connectivity index (χ0v) is 18.5. The van der Waals surface area contributed by atoms with Crippen molar-refractivity contribution in [2.45, 2.75) is 38.5 Å². The minimum absolute atomic E-state index is 0.198. The molecule has 2 fully saturated rings. The molecule has 1 saturated carbocycles. The largest absolute Gasteiger partial charge is 0.351 e. The number of hydroxylamine groups is 2. The Labute approximate surface area is 190 Å². The Morgan fingerprint density at radius 1 is 1.24 bits per heavy atom. The van der Waals surface area contributed by atoms with E-state index < -0.39 is 35.7 Å². The van der Waals surface area contributed by atoms with E-state index in [1.165, 1.54) is 0 Å². The summed E-state index contributed by atoms with van der Waals surface area (Å²) in [4.78, 5) is 34.4. The maximum absolute atomic E-state index is 15.1. The third kappa shape index (κ3) is 6.67. The van der Waals surface area contributed by atoms with Crippen LogP contribution in [0.2, 0.25) is 0 Å². The van der Waals surface area contributed by atoms with Gasteiger partial charge in [0.05, 0.1) is 12.5 Å². The number of nitrogens with one attached hydrogen (secondary N) is 2. The normalized spacial score (nSPS) is 18.4. The van der Waals surface area contributed by atoms with E-state index in [-0.39, 0.29) is 24.7 Å². The minimum Gasteiger partial charge on any atom is -0.351 e. The Balaban J connectivity index is 1.74. The molecule has 0 aromatic carbocycles. The van der Waals surface area contributed by atoms with Crippen molar-refractivity contribution in [1.29, 1.82) is 0 Å². The summed E-state index contributed by atoms with van der Waals surface area (Å²) < 4.78 is 41.8. The van der Waals surface area contributed by atoms with E-state index >= 15 is 4.39 Å². The van der Waals surface area contributed by atoms with Crippen LogP contribution in [0.15, 0.2) is 0 Å². The van der Waals surface area contributed by atoms with Gasteiger partial charge in [-0.25, -0.2) is 23.8 Å². The van der Waals surface area contributed by atoms with E-state index in [9.17, 15) is 23.6 Å². The summed E-state index contributed by atoms with van der Waals surface area (Å²) in [6.07, 6.45) is 1.57. The molecule has 2 amide bonds. The molecule has 0 bridgehead atoms. The molecule has 0 spiro atoms. The van der Waals surface area contributed by atoms with Crippen LogP contribution in [0.25, 0.3) is 0 Å². The van der Waals surface area contributed by atoms with Gasteiger partial charge >= 0.3 is 0 Å². The van der Waals surface area contributed by atoms with Gasteiger partial charge in [0.25, 0.3) is 6.43 Å². The first-order valence-electron chi connectivity index (χ1n) is 11.0. The molecule has 0 unspecified atom stereocenters. The Bertz CT molecular complexity index is 818. The van der Waals surface area contributed by atoms with E-state index in [0.29, 0.717) is 37.7 Å². The number of alkyl halides is 2. The number of piperazine rings is 1. The number of carbonyl (C=O) groups excluding carboxylic acids is 2. The second-order valence-corrected chi connectivity index (χ2v) is 8.58. The van der Waals surface area contributed by atoms with Gasteiger partial charge in [0.2, 0.25) is 18.1 Å². The average Bonchev–Trinajstić information content (AvgIpc) is 3.31. The van der Waals surface area contributed by atoms with Crippen LogP contribution < -0.4 is 15.8 Å². The van der Waals surface area contributed by atoms with Crippen LogP contribution in [0, 0.1) is 17.7 Å². The fourth-order valence-corrected chi connectivity index (χ4v) is 4.26. The van der Waals surface area contributed by atoms with Gasteiger partial charge < -0.3 is 9.80 Å². The van der Waals surface area contributed by atoms with Crippen LogP contribution in [0.1, 0.15) is 44.4 Å². The lowest BCUT2D eigenvalue weighted by molar-refractivity contribution is -0.154. The first-order chi connectivity index (χ1) is 15.8. The lowest BCUT2D eigenvalue weighted by Gasteiger charge is -2.33. The lowest BCUT2D eigenvalue weighted by Crippen LogP contribution is -2.45. The zero-order valence-electron chi connectivity index (χ0n) is 18.5. The highest BCUT2D eigenvalue weighted by molar-refractivity contribution is 5.80. The van der Waals surface area contributed by atoms with Crippen LogP contribution in [-0.2, 0) is 9.59 Å². The van der Waals surface area contributed by atoms with E-state index in [0.717, 1.165) is 25.7 Å². The molecule has 1 atom stereocenters. The molecule has 184 valence electrons. The van der Waals surface area contributed by atoms with Gasteiger partial charge in [-0.05, 0) is 19.4 Å². The summed E-state index contributed by atoms with van der Waals surface area (Å²) in [5, 5.41) is 9.95. The van der Waals surface area contributed by atoms with Crippen molar-refractivity contribution in [3.63, 3.8) is 0 Å². The number of amides is 2. The number of anilines is 2. The van der Waals surface area contributed by atoms with Gasteiger partial charge in [-0.2, -0.15) is 4.39 Å². The molecule has 33 heavy (non-hydrogen) atoms. The lowest BCUT2D eigenvalue weighted by atomic mass is 9.92. The number of carbonyl (C=O) groups is 2. The first kappa shape index (κ1) is 25.0. The second-order valence-electron chi connectivity index (χ2n) is 8.58. The van der Waals surface area contributed by atoms with Gasteiger partial charge in [0, 0.05) is 26.2 Å². The maximum atomic E-state index is 15.1. The quantitative estimate of drug-likeness (QED) is 0.268. The van der Waals surface area contributed by atoms with Gasteiger partial charge in [-0.3, -0.25) is 25.6 Å². The molecule has 1 saturated heterocycles. The molecular formula is C20H30F3N7O3. The maximum Gasteiger partial charge on any atom is 0.297 e. The molecule has 3 rings (SSSR count). The molecule has 0 radical (unpaired) electrons. The topological polar surface area (TPSA) is 114 Å². The number of aromatic nitrogens is 2. The number of hydrogen-bond acceptors (Lipinski definition) is 8. The second kappa shape index (κ2) is 11.5. The SMILES string of the molecule is CN1CCN(c2nc(C(F)F)nc(NNC(=O)[C@@H](CC3CCCC3)CN(O)C=O)c2F)CC1. The highest BCUT2D eigenvalue weighted by Gasteiger charge is 2.29. The van der Waals surface area contributed by atoms with Crippen LogP contribution in [0.5, 0.6) is 0 Å². The van der Waals surface area contributed by atoms with Crippen molar-refractivity contribution in [2.24, 2.45) is 11.8 Å². The average molecular weight is 474 g/mol. The van der Waals surface area contributed by atoms with Crippen LogP contribution in [0.3, 0.4) is 0 Å². The summed E-state index contributed by atoms with van der Waals surface area (Å²) in [6.45, 7) is 1.80. The van der Waals surface area contributed by atoms with Crippen LogP contribution in [-0.4, -0.2) is 77.2 Å². The fourth-order valence-electron chi connectivity index (χ4n) is 4.26. The number of rotatable bonds is 10. The van der Waals surface area contributed by atoms with Gasteiger partial charge in [0.15, 0.2) is 17.5 Å². The Kier molecular flexibility index (Phi) is 8.67. The number of hydrazine groups is 1. The van der Waals surface area contributed by atoms with E-state index in [4.69, 9.17) is 0 Å². The van der Waals surface area contributed by atoms with Gasteiger partial charge in [-0.1, -0.05) is 25.7 Å². The summed E-state index contributed by atoms with van der Waals surface area (Å²) in [7, 11) is 1.90. The molecule has 2 aliphatic rings. The van der Waals surface area contributed by atoms with Gasteiger partial charge in [0.1, 0.15) is 0 Å². The Morgan fingerprint density at radius 2 is 1.91 bits per heavy atom. The fraction of sp³-hybridized carbons (Fsp3) is 0.700.